The van der Waals surface area contributed by atoms with Gasteiger partial charge in [0.25, 0.3) is 5.91 Å². The molecule has 0 radical (unpaired) electrons. The van der Waals surface area contributed by atoms with E-state index in [0.29, 0.717) is 31.1 Å². The van der Waals surface area contributed by atoms with Crippen LogP contribution in [0, 0.1) is 11.3 Å². The zero-order valence-electron chi connectivity index (χ0n) is 16.2. The van der Waals surface area contributed by atoms with Crippen LogP contribution < -0.4 is 19.5 Å². The van der Waals surface area contributed by atoms with E-state index in [1.54, 1.807) is 12.1 Å². The number of carbonyl (C=O) groups excluding carboxylic acids is 1. The summed E-state index contributed by atoms with van der Waals surface area (Å²) in [5, 5.41) is 11.4. The highest BCUT2D eigenvalue weighted by Gasteiger charge is 2.32. The summed E-state index contributed by atoms with van der Waals surface area (Å²) in [5.74, 6) is 1.86. The fourth-order valence-corrected chi connectivity index (χ4v) is 3.05. The first kappa shape index (κ1) is 19.6. The van der Waals surface area contributed by atoms with Crippen LogP contribution in [0.15, 0.2) is 42.5 Å². The summed E-state index contributed by atoms with van der Waals surface area (Å²) < 4.78 is 17.2. The maximum atomic E-state index is 11.9. The quantitative estimate of drug-likeness (QED) is 0.712. The number of rotatable bonds is 8. The lowest BCUT2D eigenvalue weighted by atomic mass is 10.0. The van der Waals surface area contributed by atoms with Gasteiger partial charge in [-0.1, -0.05) is 24.3 Å². The van der Waals surface area contributed by atoms with E-state index >= 15 is 0 Å². The molecule has 1 N–H and O–H groups in total. The van der Waals surface area contributed by atoms with Gasteiger partial charge >= 0.3 is 0 Å². The zero-order chi connectivity index (χ0) is 20.0. The lowest BCUT2D eigenvalue weighted by Gasteiger charge is -2.18. The Morgan fingerprint density at radius 2 is 2.00 bits per heavy atom. The van der Waals surface area contributed by atoms with Crippen molar-refractivity contribution in [3.63, 3.8) is 0 Å². The molecule has 0 atom stereocenters. The zero-order valence-corrected chi connectivity index (χ0v) is 16.2. The number of hydrogen-bond donors (Lipinski definition) is 1. The molecule has 3 rings (SSSR count). The molecule has 0 spiro atoms. The van der Waals surface area contributed by atoms with Crippen molar-refractivity contribution >= 4 is 5.91 Å². The Morgan fingerprint density at radius 3 is 2.75 bits per heavy atom. The van der Waals surface area contributed by atoms with E-state index in [1.165, 1.54) is 0 Å². The minimum Gasteiger partial charge on any atom is -0.488 e. The first-order valence-electron chi connectivity index (χ1n) is 9.26. The summed E-state index contributed by atoms with van der Waals surface area (Å²) in [4.78, 5) is 11.9. The van der Waals surface area contributed by atoms with Crippen molar-refractivity contribution in [2.75, 3.05) is 19.8 Å². The number of nitrogens with zero attached hydrogens (tertiary/aromatic N) is 1. The molecule has 0 saturated heterocycles. The van der Waals surface area contributed by atoms with Crippen LogP contribution in [0.2, 0.25) is 0 Å². The number of hydrogen-bond acceptors (Lipinski definition) is 5. The summed E-state index contributed by atoms with van der Waals surface area (Å²) in [6, 6.07) is 15.1. The Balaban J connectivity index is 1.39. The van der Waals surface area contributed by atoms with Crippen molar-refractivity contribution in [3.05, 3.63) is 53.6 Å². The van der Waals surface area contributed by atoms with Crippen LogP contribution in [-0.2, 0) is 17.6 Å². The minimum atomic E-state index is -0.222. The van der Waals surface area contributed by atoms with Crippen molar-refractivity contribution in [2.24, 2.45) is 0 Å². The summed E-state index contributed by atoms with van der Waals surface area (Å²) in [5.41, 5.74) is 1.83. The van der Waals surface area contributed by atoms with E-state index in [0.717, 1.165) is 23.3 Å². The highest BCUT2D eigenvalue weighted by molar-refractivity contribution is 5.77. The van der Waals surface area contributed by atoms with Crippen molar-refractivity contribution in [1.29, 1.82) is 5.26 Å². The van der Waals surface area contributed by atoms with Crippen LogP contribution >= 0.6 is 0 Å². The van der Waals surface area contributed by atoms with Crippen molar-refractivity contribution in [2.45, 2.75) is 32.3 Å². The molecule has 146 valence electrons. The fraction of sp³-hybridized carbons (Fsp3) is 0.364. The predicted octanol–water partition coefficient (Wildman–Crippen LogP) is 3.04. The maximum absolute atomic E-state index is 11.9. The van der Waals surface area contributed by atoms with Gasteiger partial charge in [0.05, 0.1) is 19.0 Å². The standard InChI is InChI=1S/C22H24N2O4/c1-22(2)14-17-4-3-5-19(21(17)28-22)26-13-12-24-20(25)15-27-18-8-6-16(7-9-18)10-11-23/h3-9H,10,12-15H2,1-2H3,(H,24,25). The molecular weight excluding hydrogens is 356 g/mol. The molecule has 2 aromatic rings. The van der Waals surface area contributed by atoms with Crippen LogP contribution in [0.5, 0.6) is 17.2 Å². The van der Waals surface area contributed by atoms with E-state index in [4.69, 9.17) is 19.5 Å². The SMILES string of the molecule is CC1(C)Cc2cccc(OCCNC(=O)COc3ccc(CC#N)cc3)c2O1. The van der Waals surface area contributed by atoms with Gasteiger partial charge in [0.2, 0.25) is 0 Å². The molecular formula is C22H24N2O4. The van der Waals surface area contributed by atoms with Crippen LogP contribution in [0.1, 0.15) is 25.0 Å². The molecule has 28 heavy (non-hydrogen) atoms. The van der Waals surface area contributed by atoms with Gasteiger partial charge in [-0.3, -0.25) is 4.79 Å². The number of nitrogens with one attached hydrogen (secondary N) is 1. The average Bonchev–Trinajstić information content (AvgIpc) is 2.99. The largest absolute Gasteiger partial charge is 0.488 e. The second-order valence-corrected chi connectivity index (χ2v) is 7.25. The third-order valence-electron chi connectivity index (χ3n) is 4.31. The molecule has 1 aliphatic rings. The van der Waals surface area contributed by atoms with Crippen molar-refractivity contribution in [3.8, 4) is 23.3 Å². The van der Waals surface area contributed by atoms with Crippen LogP contribution in [0.4, 0.5) is 0 Å². The first-order valence-corrected chi connectivity index (χ1v) is 9.26. The summed E-state index contributed by atoms with van der Waals surface area (Å²) >= 11 is 0. The molecule has 0 saturated carbocycles. The monoisotopic (exact) mass is 380 g/mol. The highest BCUT2D eigenvalue weighted by Crippen LogP contribution is 2.41. The predicted molar refractivity (Wildman–Crippen MR) is 105 cm³/mol. The molecule has 0 fully saturated rings. The number of carbonyl (C=O) groups is 1. The molecule has 0 aromatic heterocycles. The van der Waals surface area contributed by atoms with Crippen molar-refractivity contribution in [1.82, 2.24) is 5.32 Å². The Morgan fingerprint density at radius 1 is 1.21 bits per heavy atom. The van der Waals surface area contributed by atoms with E-state index in [9.17, 15) is 4.79 Å². The topological polar surface area (TPSA) is 80.6 Å². The third-order valence-corrected chi connectivity index (χ3v) is 4.31. The molecule has 0 aliphatic carbocycles. The molecule has 0 unspecified atom stereocenters. The van der Waals surface area contributed by atoms with Crippen LogP contribution in [-0.4, -0.2) is 31.3 Å². The number of fused-ring (bicyclic) bond motifs is 1. The number of amides is 1. The maximum Gasteiger partial charge on any atom is 0.258 e. The second-order valence-electron chi connectivity index (χ2n) is 7.25. The van der Waals surface area contributed by atoms with Gasteiger partial charge in [-0.05, 0) is 37.6 Å². The summed E-state index contributed by atoms with van der Waals surface area (Å²) in [6.07, 6.45) is 1.21. The second kappa shape index (κ2) is 8.66. The first-order chi connectivity index (χ1) is 13.5. The highest BCUT2D eigenvalue weighted by atomic mass is 16.5. The molecule has 1 heterocycles. The van der Waals surface area contributed by atoms with Gasteiger partial charge in [0, 0.05) is 12.0 Å². The lowest BCUT2D eigenvalue weighted by molar-refractivity contribution is -0.123. The van der Waals surface area contributed by atoms with Gasteiger partial charge in [-0.25, -0.2) is 0 Å². The van der Waals surface area contributed by atoms with E-state index < -0.39 is 0 Å². The Kier molecular flexibility index (Phi) is 6.05. The Labute approximate surface area is 165 Å². The number of para-hydroxylation sites is 1. The molecule has 1 amide bonds. The fourth-order valence-electron chi connectivity index (χ4n) is 3.05. The molecule has 0 bridgehead atoms. The number of nitriles is 1. The van der Waals surface area contributed by atoms with Gasteiger partial charge in [0.15, 0.2) is 18.1 Å². The molecule has 1 aliphatic heterocycles. The van der Waals surface area contributed by atoms with Crippen molar-refractivity contribution < 1.29 is 19.0 Å². The minimum absolute atomic E-state index is 0.0738. The van der Waals surface area contributed by atoms with E-state index in [2.05, 4.69) is 11.4 Å². The Hall–Kier alpha value is -3.20. The smallest absolute Gasteiger partial charge is 0.258 e. The van der Waals surface area contributed by atoms with Crippen LogP contribution in [0.25, 0.3) is 0 Å². The van der Waals surface area contributed by atoms with Gasteiger partial charge in [-0.15, -0.1) is 0 Å². The molecule has 2 aromatic carbocycles. The average molecular weight is 380 g/mol. The molecule has 6 nitrogen and oxygen atoms in total. The van der Waals surface area contributed by atoms with Gasteiger partial charge in [0.1, 0.15) is 18.0 Å². The van der Waals surface area contributed by atoms with E-state index in [-0.39, 0.29) is 18.1 Å². The lowest BCUT2D eigenvalue weighted by Crippen LogP contribution is -2.32. The number of ether oxygens (including phenoxy) is 3. The van der Waals surface area contributed by atoms with E-state index in [1.807, 2.05) is 44.2 Å². The van der Waals surface area contributed by atoms with Crippen LogP contribution in [0.3, 0.4) is 0 Å². The molecule has 6 heteroatoms. The van der Waals surface area contributed by atoms with Gasteiger partial charge < -0.3 is 19.5 Å². The summed E-state index contributed by atoms with van der Waals surface area (Å²) in [7, 11) is 0. The normalized spacial score (nSPS) is 13.8. The van der Waals surface area contributed by atoms with Gasteiger partial charge in [-0.2, -0.15) is 5.26 Å². The Bertz CT molecular complexity index is 869. The number of benzene rings is 2. The third kappa shape index (κ3) is 5.17. The summed E-state index contributed by atoms with van der Waals surface area (Å²) in [6.45, 7) is 4.74.